The molecule has 0 aliphatic carbocycles. The van der Waals surface area contributed by atoms with Gasteiger partial charge in [-0.2, -0.15) is 0 Å². The van der Waals surface area contributed by atoms with Crippen LogP contribution in [0, 0.1) is 3.57 Å². The highest BCUT2D eigenvalue weighted by molar-refractivity contribution is 14.1. The summed E-state index contributed by atoms with van der Waals surface area (Å²) in [5, 5.41) is 3.29. The summed E-state index contributed by atoms with van der Waals surface area (Å²) in [6.45, 7) is 1.94. The Morgan fingerprint density at radius 3 is 3.06 bits per heavy atom. The maximum absolute atomic E-state index is 12.1. The first kappa shape index (κ1) is 12.8. The molecule has 1 heterocycles. The number of carbonyl (C=O) groups excluding carboxylic acids is 1. The van der Waals surface area contributed by atoms with Gasteiger partial charge in [-0.3, -0.25) is 4.79 Å². The summed E-state index contributed by atoms with van der Waals surface area (Å²) in [4.78, 5) is 14.0. The van der Waals surface area contributed by atoms with E-state index in [1.807, 2.05) is 30.1 Å². The van der Waals surface area contributed by atoms with Crippen molar-refractivity contribution in [2.45, 2.75) is 18.9 Å². The van der Waals surface area contributed by atoms with E-state index >= 15 is 0 Å². The van der Waals surface area contributed by atoms with Crippen molar-refractivity contribution in [3.05, 3.63) is 33.4 Å². The topological polar surface area (TPSA) is 32.3 Å². The number of rotatable bonds is 3. The van der Waals surface area contributed by atoms with Gasteiger partial charge in [0.15, 0.2) is 0 Å². The minimum atomic E-state index is 0.209. The Morgan fingerprint density at radius 2 is 2.41 bits per heavy atom. The normalized spacial score (nSPS) is 19.3. The van der Waals surface area contributed by atoms with Gasteiger partial charge in [0.1, 0.15) is 0 Å². The molecule has 1 unspecified atom stereocenters. The van der Waals surface area contributed by atoms with Crippen molar-refractivity contribution >= 4 is 28.5 Å². The molecule has 92 valence electrons. The molecule has 1 aromatic carbocycles. The SMILES string of the molecule is CN(C(=O)Cc1cccc(I)c1)C1CCNC1. The van der Waals surface area contributed by atoms with E-state index in [4.69, 9.17) is 0 Å². The van der Waals surface area contributed by atoms with Crippen LogP contribution in [0.15, 0.2) is 24.3 Å². The molecule has 1 atom stereocenters. The molecule has 0 aromatic heterocycles. The zero-order valence-corrected chi connectivity index (χ0v) is 12.1. The van der Waals surface area contributed by atoms with Crippen LogP contribution in [0.3, 0.4) is 0 Å². The first-order chi connectivity index (χ1) is 8.16. The van der Waals surface area contributed by atoms with Gasteiger partial charge in [-0.25, -0.2) is 0 Å². The minimum Gasteiger partial charge on any atom is -0.341 e. The van der Waals surface area contributed by atoms with Crippen LogP contribution >= 0.6 is 22.6 Å². The van der Waals surface area contributed by atoms with Gasteiger partial charge in [0, 0.05) is 23.2 Å². The van der Waals surface area contributed by atoms with E-state index in [1.165, 1.54) is 3.57 Å². The van der Waals surface area contributed by atoms with Crippen molar-refractivity contribution in [3.8, 4) is 0 Å². The number of likely N-dealkylation sites (N-methyl/N-ethyl adjacent to an activating group) is 1. The molecule has 1 fully saturated rings. The molecule has 1 saturated heterocycles. The molecule has 1 N–H and O–H groups in total. The summed E-state index contributed by atoms with van der Waals surface area (Å²) in [5.74, 6) is 0.209. The number of benzene rings is 1. The van der Waals surface area contributed by atoms with Gasteiger partial charge in [0.2, 0.25) is 5.91 Å². The van der Waals surface area contributed by atoms with E-state index in [2.05, 4.69) is 34.0 Å². The molecule has 4 heteroatoms. The van der Waals surface area contributed by atoms with E-state index < -0.39 is 0 Å². The molecule has 1 aliphatic heterocycles. The van der Waals surface area contributed by atoms with Crippen LogP contribution in [0.4, 0.5) is 0 Å². The lowest BCUT2D eigenvalue weighted by Crippen LogP contribution is -2.39. The van der Waals surface area contributed by atoms with Crippen LogP contribution in [0.25, 0.3) is 0 Å². The Hall–Kier alpha value is -0.620. The molecule has 2 rings (SSSR count). The van der Waals surface area contributed by atoms with Gasteiger partial charge in [-0.05, 0) is 53.3 Å². The summed E-state index contributed by atoms with van der Waals surface area (Å²) < 4.78 is 1.18. The predicted molar refractivity (Wildman–Crippen MR) is 76.9 cm³/mol. The molecular weight excluding hydrogens is 327 g/mol. The van der Waals surface area contributed by atoms with Crippen molar-refractivity contribution < 1.29 is 4.79 Å². The summed E-state index contributed by atoms with van der Waals surface area (Å²) in [5.41, 5.74) is 1.10. The van der Waals surface area contributed by atoms with Crippen molar-refractivity contribution in [3.63, 3.8) is 0 Å². The predicted octanol–water partition coefficient (Wildman–Crippen LogP) is 1.65. The summed E-state index contributed by atoms with van der Waals surface area (Å²) in [7, 11) is 1.91. The van der Waals surface area contributed by atoms with E-state index in [1.54, 1.807) is 0 Å². The Balaban J connectivity index is 1.96. The molecule has 1 aliphatic rings. The van der Waals surface area contributed by atoms with Gasteiger partial charge in [-0.15, -0.1) is 0 Å². The quantitative estimate of drug-likeness (QED) is 0.846. The second kappa shape index (κ2) is 5.82. The third kappa shape index (κ3) is 3.42. The first-order valence-corrected chi connectivity index (χ1v) is 6.95. The Bertz CT molecular complexity index is 402. The summed E-state index contributed by atoms with van der Waals surface area (Å²) in [6, 6.07) is 8.49. The number of nitrogens with zero attached hydrogens (tertiary/aromatic N) is 1. The Kier molecular flexibility index (Phi) is 4.39. The standard InChI is InChI=1S/C13H17IN2O/c1-16(12-5-6-15-9-12)13(17)8-10-3-2-4-11(14)7-10/h2-4,7,12,15H,5-6,8-9H2,1H3. The van der Waals surface area contributed by atoms with Gasteiger partial charge in [0.25, 0.3) is 0 Å². The van der Waals surface area contributed by atoms with Crippen molar-refractivity contribution in [1.29, 1.82) is 0 Å². The molecule has 0 bridgehead atoms. The van der Waals surface area contributed by atoms with E-state index in [0.717, 1.165) is 25.1 Å². The average molecular weight is 344 g/mol. The van der Waals surface area contributed by atoms with Crippen LogP contribution in [-0.4, -0.2) is 37.0 Å². The second-order valence-corrected chi connectivity index (χ2v) is 5.70. The highest BCUT2D eigenvalue weighted by atomic mass is 127. The number of hydrogen-bond acceptors (Lipinski definition) is 2. The van der Waals surface area contributed by atoms with Crippen LogP contribution in [0.5, 0.6) is 0 Å². The maximum Gasteiger partial charge on any atom is 0.227 e. The number of carbonyl (C=O) groups is 1. The maximum atomic E-state index is 12.1. The first-order valence-electron chi connectivity index (χ1n) is 5.87. The highest BCUT2D eigenvalue weighted by Gasteiger charge is 2.22. The van der Waals surface area contributed by atoms with Gasteiger partial charge in [0.05, 0.1) is 6.42 Å². The lowest BCUT2D eigenvalue weighted by Gasteiger charge is -2.23. The number of hydrogen-bond donors (Lipinski definition) is 1. The fourth-order valence-electron chi connectivity index (χ4n) is 2.12. The Labute approximate surface area is 116 Å². The molecule has 1 amide bonds. The Morgan fingerprint density at radius 1 is 1.59 bits per heavy atom. The van der Waals surface area contributed by atoms with Gasteiger partial charge < -0.3 is 10.2 Å². The van der Waals surface area contributed by atoms with Crippen molar-refractivity contribution in [2.24, 2.45) is 0 Å². The van der Waals surface area contributed by atoms with Crippen LogP contribution < -0.4 is 5.32 Å². The monoisotopic (exact) mass is 344 g/mol. The smallest absolute Gasteiger partial charge is 0.227 e. The van der Waals surface area contributed by atoms with Crippen LogP contribution in [0.2, 0.25) is 0 Å². The number of halogens is 1. The molecular formula is C13H17IN2O. The van der Waals surface area contributed by atoms with Crippen LogP contribution in [-0.2, 0) is 11.2 Å². The number of amides is 1. The fourth-order valence-corrected chi connectivity index (χ4v) is 2.73. The molecule has 3 nitrogen and oxygen atoms in total. The van der Waals surface area contributed by atoms with Gasteiger partial charge >= 0.3 is 0 Å². The highest BCUT2D eigenvalue weighted by Crippen LogP contribution is 2.12. The number of nitrogens with one attached hydrogen (secondary N) is 1. The van der Waals surface area contributed by atoms with E-state index in [0.29, 0.717) is 12.5 Å². The zero-order valence-electron chi connectivity index (χ0n) is 9.95. The fraction of sp³-hybridized carbons (Fsp3) is 0.462. The zero-order chi connectivity index (χ0) is 12.3. The van der Waals surface area contributed by atoms with Crippen molar-refractivity contribution in [1.82, 2.24) is 10.2 Å². The molecule has 0 saturated carbocycles. The molecule has 0 spiro atoms. The lowest BCUT2D eigenvalue weighted by molar-refractivity contribution is -0.130. The lowest BCUT2D eigenvalue weighted by atomic mass is 10.1. The third-order valence-corrected chi connectivity index (χ3v) is 3.89. The summed E-state index contributed by atoms with van der Waals surface area (Å²) >= 11 is 2.27. The summed E-state index contributed by atoms with van der Waals surface area (Å²) in [6.07, 6.45) is 1.57. The van der Waals surface area contributed by atoms with Gasteiger partial charge in [-0.1, -0.05) is 12.1 Å². The van der Waals surface area contributed by atoms with E-state index in [9.17, 15) is 4.79 Å². The molecule has 1 aromatic rings. The second-order valence-electron chi connectivity index (χ2n) is 4.46. The average Bonchev–Trinajstić information content (AvgIpc) is 2.81. The third-order valence-electron chi connectivity index (χ3n) is 3.22. The van der Waals surface area contributed by atoms with E-state index in [-0.39, 0.29) is 5.91 Å². The molecule has 0 radical (unpaired) electrons. The van der Waals surface area contributed by atoms with Crippen LogP contribution in [0.1, 0.15) is 12.0 Å². The van der Waals surface area contributed by atoms with Crippen molar-refractivity contribution in [2.75, 3.05) is 20.1 Å². The minimum absolute atomic E-state index is 0.209. The largest absolute Gasteiger partial charge is 0.341 e. The molecule has 17 heavy (non-hydrogen) atoms.